The van der Waals surface area contributed by atoms with Gasteiger partial charge in [0.1, 0.15) is 12.7 Å². The smallest absolute Gasteiger partial charge is 0.251 e. The third-order valence-corrected chi connectivity index (χ3v) is 5.75. The van der Waals surface area contributed by atoms with E-state index in [1.54, 1.807) is 17.9 Å². The molecule has 8 nitrogen and oxygen atoms in total. The molecule has 28 heavy (non-hydrogen) atoms. The van der Waals surface area contributed by atoms with E-state index in [9.17, 15) is 13.2 Å². The Morgan fingerprint density at radius 1 is 1.11 bits per heavy atom. The monoisotopic (exact) mass is 399 g/mol. The maximum Gasteiger partial charge on any atom is 0.251 e. The molecule has 3 rings (SSSR count). The van der Waals surface area contributed by atoms with E-state index in [1.807, 2.05) is 31.2 Å². The molecule has 0 unspecified atom stereocenters. The van der Waals surface area contributed by atoms with Crippen molar-refractivity contribution in [1.82, 2.24) is 24.8 Å². The topological polar surface area (TPSA) is 106 Å². The predicted molar refractivity (Wildman–Crippen MR) is 105 cm³/mol. The number of carbonyl (C=O) groups is 1. The predicted octanol–water partition coefficient (Wildman–Crippen LogP) is 2.06. The SMILES string of the molecule is CCNS(=O)(=O)c1ccc(C(=O)N[C@H](C)c2ccc(-n3cncn3)cc2)cc1. The molecule has 2 N–H and O–H groups in total. The van der Waals surface area contributed by atoms with Crippen LogP contribution in [0.3, 0.4) is 0 Å². The molecular formula is C19H21N5O3S. The van der Waals surface area contributed by atoms with Crippen LogP contribution in [-0.2, 0) is 10.0 Å². The van der Waals surface area contributed by atoms with Gasteiger partial charge < -0.3 is 5.32 Å². The zero-order valence-corrected chi connectivity index (χ0v) is 16.3. The Bertz CT molecular complexity index is 1030. The van der Waals surface area contributed by atoms with Gasteiger partial charge in [0.15, 0.2) is 0 Å². The molecule has 1 heterocycles. The first-order valence-electron chi connectivity index (χ1n) is 8.76. The Morgan fingerprint density at radius 3 is 2.36 bits per heavy atom. The molecule has 1 atom stereocenters. The van der Waals surface area contributed by atoms with E-state index in [2.05, 4.69) is 20.1 Å². The van der Waals surface area contributed by atoms with Gasteiger partial charge in [-0.3, -0.25) is 4.79 Å². The summed E-state index contributed by atoms with van der Waals surface area (Å²) in [6.07, 6.45) is 3.08. The molecule has 0 fully saturated rings. The number of carbonyl (C=O) groups excluding carboxylic acids is 1. The molecule has 3 aromatic rings. The molecule has 1 amide bonds. The minimum absolute atomic E-state index is 0.127. The number of rotatable bonds is 7. The molecule has 0 saturated heterocycles. The molecule has 0 bridgehead atoms. The van der Waals surface area contributed by atoms with Gasteiger partial charge in [0, 0.05) is 12.1 Å². The van der Waals surface area contributed by atoms with Crippen LogP contribution in [0.15, 0.2) is 66.1 Å². The standard InChI is InChI=1S/C19H21N5O3S/c1-3-22-28(26,27)18-10-6-16(7-11-18)19(25)23-14(2)15-4-8-17(9-5-15)24-13-20-12-21-24/h4-14,22H,3H2,1-2H3,(H,23,25)/t14-/m1/s1. The highest BCUT2D eigenvalue weighted by Crippen LogP contribution is 2.17. The van der Waals surface area contributed by atoms with Crippen LogP contribution in [0, 0.1) is 0 Å². The van der Waals surface area contributed by atoms with Crippen molar-refractivity contribution in [3.05, 3.63) is 72.3 Å². The Hall–Kier alpha value is -3.04. The highest BCUT2D eigenvalue weighted by Gasteiger charge is 2.15. The minimum Gasteiger partial charge on any atom is -0.346 e. The fraction of sp³-hybridized carbons (Fsp3) is 0.211. The van der Waals surface area contributed by atoms with E-state index >= 15 is 0 Å². The van der Waals surface area contributed by atoms with Crippen molar-refractivity contribution in [3.8, 4) is 5.69 Å². The van der Waals surface area contributed by atoms with Gasteiger partial charge in [-0.15, -0.1) is 0 Å². The number of nitrogens with zero attached hydrogens (tertiary/aromatic N) is 3. The van der Waals surface area contributed by atoms with Crippen molar-refractivity contribution in [2.75, 3.05) is 6.54 Å². The van der Waals surface area contributed by atoms with Crippen LogP contribution in [0.25, 0.3) is 5.69 Å². The van der Waals surface area contributed by atoms with Gasteiger partial charge in [-0.2, -0.15) is 5.10 Å². The van der Waals surface area contributed by atoms with Crippen LogP contribution in [0.2, 0.25) is 0 Å². The number of benzene rings is 2. The highest BCUT2D eigenvalue weighted by molar-refractivity contribution is 7.89. The summed E-state index contributed by atoms with van der Waals surface area (Å²) in [7, 11) is -3.53. The third kappa shape index (κ3) is 4.44. The number of aromatic nitrogens is 3. The van der Waals surface area contributed by atoms with E-state index in [0.29, 0.717) is 12.1 Å². The van der Waals surface area contributed by atoms with Crippen LogP contribution in [0.5, 0.6) is 0 Å². The molecule has 9 heteroatoms. The lowest BCUT2D eigenvalue weighted by Crippen LogP contribution is -2.27. The first-order valence-corrected chi connectivity index (χ1v) is 10.2. The lowest BCUT2D eigenvalue weighted by Gasteiger charge is -2.15. The van der Waals surface area contributed by atoms with Crippen LogP contribution in [0.4, 0.5) is 0 Å². The molecule has 1 aromatic heterocycles. The first kappa shape index (κ1) is 19.7. The molecule has 0 saturated carbocycles. The van der Waals surface area contributed by atoms with Crippen molar-refractivity contribution in [3.63, 3.8) is 0 Å². The van der Waals surface area contributed by atoms with Gasteiger partial charge in [-0.1, -0.05) is 19.1 Å². The quantitative estimate of drug-likeness (QED) is 0.633. The molecule has 0 aliphatic heterocycles. The van der Waals surface area contributed by atoms with E-state index in [-0.39, 0.29) is 16.8 Å². The van der Waals surface area contributed by atoms with Gasteiger partial charge in [-0.25, -0.2) is 22.8 Å². The van der Waals surface area contributed by atoms with E-state index < -0.39 is 10.0 Å². The summed E-state index contributed by atoms with van der Waals surface area (Å²) in [5, 5.41) is 6.98. The molecule has 0 spiro atoms. The van der Waals surface area contributed by atoms with Gasteiger partial charge in [0.05, 0.1) is 16.6 Å². The second-order valence-corrected chi connectivity index (χ2v) is 7.92. The Balaban J connectivity index is 1.67. The van der Waals surface area contributed by atoms with Gasteiger partial charge in [-0.05, 0) is 48.9 Å². The largest absolute Gasteiger partial charge is 0.346 e. The lowest BCUT2D eigenvalue weighted by molar-refractivity contribution is 0.0940. The highest BCUT2D eigenvalue weighted by atomic mass is 32.2. The van der Waals surface area contributed by atoms with E-state index in [0.717, 1.165) is 11.3 Å². The summed E-state index contributed by atoms with van der Waals surface area (Å²) in [5.74, 6) is -0.278. The number of sulfonamides is 1. The summed E-state index contributed by atoms with van der Waals surface area (Å²) >= 11 is 0. The first-order chi connectivity index (χ1) is 13.4. The summed E-state index contributed by atoms with van der Waals surface area (Å²) in [6, 6.07) is 13.2. The zero-order chi connectivity index (χ0) is 20.1. The number of hydrogen-bond donors (Lipinski definition) is 2. The summed E-state index contributed by atoms with van der Waals surface area (Å²) in [6.45, 7) is 3.89. The molecule has 146 valence electrons. The lowest BCUT2D eigenvalue weighted by atomic mass is 10.1. The fourth-order valence-corrected chi connectivity index (χ4v) is 3.72. The zero-order valence-electron chi connectivity index (χ0n) is 15.5. The van der Waals surface area contributed by atoms with Crippen LogP contribution < -0.4 is 10.0 Å². The Labute approximate surface area is 163 Å². The van der Waals surface area contributed by atoms with Gasteiger partial charge in [0.25, 0.3) is 5.91 Å². The van der Waals surface area contributed by atoms with Gasteiger partial charge in [0.2, 0.25) is 10.0 Å². The van der Waals surface area contributed by atoms with Crippen molar-refractivity contribution in [1.29, 1.82) is 0 Å². The van der Waals surface area contributed by atoms with Crippen molar-refractivity contribution >= 4 is 15.9 Å². The Kier molecular flexibility index (Phi) is 5.86. The minimum atomic E-state index is -3.53. The summed E-state index contributed by atoms with van der Waals surface area (Å²) in [5.41, 5.74) is 2.20. The molecular weight excluding hydrogens is 378 g/mol. The maximum absolute atomic E-state index is 12.5. The molecule has 0 aliphatic carbocycles. The second-order valence-electron chi connectivity index (χ2n) is 6.15. The average molecular weight is 399 g/mol. The van der Waals surface area contributed by atoms with Crippen molar-refractivity contribution < 1.29 is 13.2 Å². The van der Waals surface area contributed by atoms with Crippen LogP contribution >= 0.6 is 0 Å². The van der Waals surface area contributed by atoms with Crippen LogP contribution in [0.1, 0.15) is 35.8 Å². The number of amides is 1. The average Bonchev–Trinajstić information content (AvgIpc) is 3.23. The van der Waals surface area contributed by atoms with E-state index in [1.165, 1.54) is 30.6 Å². The van der Waals surface area contributed by atoms with Crippen LogP contribution in [-0.4, -0.2) is 35.6 Å². The molecule has 2 aromatic carbocycles. The third-order valence-electron chi connectivity index (χ3n) is 4.19. The number of hydrogen-bond acceptors (Lipinski definition) is 5. The summed E-state index contributed by atoms with van der Waals surface area (Å²) in [4.78, 5) is 16.5. The molecule has 0 radical (unpaired) electrons. The summed E-state index contributed by atoms with van der Waals surface area (Å²) < 4.78 is 28.0. The normalized spacial score (nSPS) is 12.5. The van der Waals surface area contributed by atoms with Crippen molar-refractivity contribution in [2.45, 2.75) is 24.8 Å². The van der Waals surface area contributed by atoms with E-state index in [4.69, 9.17) is 0 Å². The second kappa shape index (κ2) is 8.32. The van der Waals surface area contributed by atoms with Crippen molar-refractivity contribution in [2.24, 2.45) is 0 Å². The fourth-order valence-electron chi connectivity index (χ4n) is 2.68. The van der Waals surface area contributed by atoms with Gasteiger partial charge >= 0.3 is 0 Å². The number of nitrogens with one attached hydrogen (secondary N) is 2. The maximum atomic E-state index is 12.5. The Morgan fingerprint density at radius 2 is 1.79 bits per heavy atom. The molecule has 0 aliphatic rings.